The highest BCUT2D eigenvalue weighted by atomic mass is 15.3. The number of nitrogens with two attached hydrogens (primary N) is 1. The molecule has 1 aliphatic heterocycles. The summed E-state index contributed by atoms with van der Waals surface area (Å²) in [4.78, 5) is 4.94. The largest absolute Gasteiger partial charge is 0.369 e. The van der Waals surface area contributed by atoms with E-state index in [4.69, 9.17) is 5.73 Å². The Balaban J connectivity index is 1.95. The van der Waals surface area contributed by atoms with Crippen molar-refractivity contribution in [1.82, 2.24) is 4.90 Å². The van der Waals surface area contributed by atoms with Gasteiger partial charge in [-0.05, 0) is 31.5 Å². The lowest BCUT2D eigenvalue weighted by Crippen LogP contribution is -2.51. The van der Waals surface area contributed by atoms with E-state index >= 15 is 0 Å². The average molecular weight is 233 g/mol. The van der Waals surface area contributed by atoms with E-state index in [1.165, 1.54) is 11.3 Å². The van der Waals surface area contributed by atoms with E-state index in [9.17, 15) is 0 Å². The van der Waals surface area contributed by atoms with Crippen LogP contribution in [-0.2, 0) is 0 Å². The van der Waals surface area contributed by atoms with E-state index in [-0.39, 0.29) is 0 Å². The van der Waals surface area contributed by atoms with Gasteiger partial charge in [-0.15, -0.1) is 0 Å². The predicted octanol–water partition coefficient (Wildman–Crippen LogP) is 1.46. The van der Waals surface area contributed by atoms with Crippen molar-refractivity contribution in [2.45, 2.75) is 19.9 Å². The lowest BCUT2D eigenvalue weighted by atomic mass is 10.1. The zero-order valence-electron chi connectivity index (χ0n) is 10.9. The summed E-state index contributed by atoms with van der Waals surface area (Å²) in [6.07, 6.45) is 0. The van der Waals surface area contributed by atoms with Crippen molar-refractivity contribution in [3.05, 3.63) is 29.8 Å². The van der Waals surface area contributed by atoms with Crippen LogP contribution in [0.4, 0.5) is 5.69 Å². The Morgan fingerprint density at radius 3 is 2.53 bits per heavy atom. The zero-order valence-corrected chi connectivity index (χ0v) is 10.9. The minimum absolute atomic E-state index is 0.509. The molecule has 3 heteroatoms. The molecule has 0 saturated carbocycles. The highest BCUT2D eigenvalue weighted by molar-refractivity contribution is 5.48. The number of nitrogens with zero attached hydrogens (tertiary/aromatic N) is 2. The van der Waals surface area contributed by atoms with Gasteiger partial charge >= 0.3 is 0 Å². The SMILES string of the molecule is Cc1cccc(N2CCN(C(C)CN)CC2)c1. The van der Waals surface area contributed by atoms with Crippen LogP contribution in [0.1, 0.15) is 12.5 Å². The van der Waals surface area contributed by atoms with E-state index in [0.29, 0.717) is 6.04 Å². The van der Waals surface area contributed by atoms with Crippen molar-refractivity contribution in [3.63, 3.8) is 0 Å². The van der Waals surface area contributed by atoms with Crippen LogP contribution in [-0.4, -0.2) is 43.7 Å². The van der Waals surface area contributed by atoms with Crippen LogP contribution in [0, 0.1) is 6.92 Å². The first-order valence-corrected chi connectivity index (χ1v) is 6.46. The summed E-state index contributed by atoms with van der Waals surface area (Å²) in [6.45, 7) is 9.56. The summed E-state index contributed by atoms with van der Waals surface area (Å²) in [6, 6.07) is 9.27. The minimum atomic E-state index is 0.509. The van der Waals surface area contributed by atoms with Gasteiger partial charge in [0.25, 0.3) is 0 Å². The second-order valence-corrected chi connectivity index (χ2v) is 4.95. The maximum atomic E-state index is 5.71. The van der Waals surface area contributed by atoms with E-state index < -0.39 is 0 Å². The molecule has 0 amide bonds. The van der Waals surface area contributed by atoms with E-state index in [1.807, 2.05) is 0 Å². The van der Waals surface area contributed by atoms with Crippen molar-refractivity contribution in [2.75, 3.05) is 37.6 Å². The van der Waals surface area contributed by atoms with Gasteiger partial charge in [-0.1, -0.05) is 12.1 Å². The monoisotopic (exact) mass is 233 g/mol. The molecule has 0 aromatic heterocycles. The number of hydrogen-bond donors (Lipinski definition) is 1. The van der Waals surface area contributed by atoms with Crippen molar-refractivity contribution in [1.29, 1.82) is 0 Å². The molecule has 0 radical (unpaired) electrons. The minimum Gasteiger partial charge on any atom is -0.369 e. The quantitative estimate of drug-likeness (QED) is 0.858. The summed E-state index contributed by atoms with van der Waals surface area (Å²) in [7, 11) is 0. The second-order valence-electron chi connectivity index (χ2n) is 4.95. The molecule has 2 N–H and O–H groups in total. The normalized spacial score (nSPS) is 19.4. The number of aryl methyl sites for hydroxylation is 1. The fourth-order valence-corrected chi connectivity index (χ4v) is 2.39. The molecule has 0 bridgehead atoms. The number of rotatable bonds is 3. The molecule has 1 fully saturated rings. The van der Waals surface area contributed by atoms with E-state index in [1.54, 1.807) is 0 Å². The molecular formula is C14H23N3. The van der Waals surface area contributed by atoms with Crippen LogP contribution in [0.3, 0.4) is 0 Å². The molecule has 2 rings (SSSR count). The van der Waals surface area contributed by atoms with Gasteiger partial charge in [0.05, 0.1) is 0 Å². The highest BCUT2D eigenvalue weighted by Crippen LogP contribution is 2.18. The average Bonchev–Trinajstić information content (AvgIpc) is 2.38. The van der Waals surface area contributed by atoms with Gasteiger partial charge in [0, 0.05) is 44.5 Å². The van der Waals surface area contributed by atoms with Crippen molar-refractivity contribution < 1.29 is 0 Å². The summed E-state index contributed by atoms with van der Waals surface area (Å²) in [5.74, 6) is 0. The van der Waals surface area contributed by atoms with Crippen molar-refractivity contribution in [3.8, 4) is 0 Å². The molecule has 1 atom stereocenters. The fourth-order valence-electron chi connectivity index (χ4n) is 2.39. The van der Waals surface area contributed by atoms with Crippen LogP contribution < -0.4 is 10.6 Å². The molecule has 17 heavy (non-hydrogen) atoms. The summed E-state index contributed by atoms with van der Waals surface area (Å²) in [5.41, 5.74) is 8.40. The Bertz CT molecular complexity index is 356. The number of benzene rings is 1. The van der Waals surface area contributed by atoms with Gasteiger partial charge in [-0.3, -0.25) is 4.90 Å². The van der Waals surface area contributed by atoms with Crippen LogP contribution in [0.25, 0.3) is 0 Å². The van der Waals surface area contributed by atoms with Crippen LogP contribution in [0.2, 0.25) is 0 Å². The third-order valence-corrected chi connectivity index (χ3v) is 3.65. The third-order valence-electron chi connectivity index (χ3n) is 3.65. The molecular weight excluding hydrogens is 210 g/mol. The molecule has 1 heterocycles. The molecule has 1 aromatic rings. The lowest BCUT2D eigenvalue weighted by molar-refractivity contribution is 0.201. The first kappa shape index (κ1) is 12.4. The Kier molecular flexibility index (Phi) is 4.02. The molecule has 1 unspecified atom stereocenters. The number of piperazine rings is 1. The summed E-state index contributed by atoms with van der Waals surface area (Å²) in [5, 5.41) is 0. The molecule has 0 aliphatic carbocycles. The molecule has 1 aromatic carbocycles. The number of hydrogen-bond acceptors (Lipinski definition) is 3. The first-order valence-electron chi connectivity index (χ1n) is 6.46. The van der Waals surface area contributed by atoms with Crippen LogP contribution in [0.5, 0.6) is 0 Å². The van der Waals surface area contributed by atoms with Gasteiger partial charge in [-0.2, -0.15) is 0 Å². The van der Waals surface area contributed by atoms with Gasteiger partial charge in [0.2, 0.25) is 0 Å². The summed E-state index contributed by atoms with van der Waals surface area (Å²) >= 11 is 0. The Hall–Kier alpha value is -1.06. The first-order chi connectivity index (χ1) is 8.20. The van der Waals surface area contributed by atoms with E-state index in [0.717, 1.165) is 32.7 Å². The molecule has 1 aliphatic rings. The highest BCUT2D eigenvalue weighted by Gasteiger charge is 2.20. The Morgan fingerprint density at radius 1 is 1.24 bits per heavy atom. The fraction of sp³-hybridized carbons (Fsp3) is 0.571. The number of anilines is 1. The maximum absolute atomic E-state index is 5.71. The molecule has 3 nitrogen and oxygen atoms in total. The van der Waals surface area contributed by atoms with Crippen LogP contribution in [0.15, 0.2) is 24.3 Å². The van der Waals surface area contributed by atoms with Crippen molar-refractivity contribution in [2.24, 2.45) is 5.73 Å². The third kappa shape index (κ3) is 2.99. The Labute approximate surface area is 104 Å². The standard InChI is InChI=1S/C14H23N3/c1-12-4-3-5-14(10-12)17-8-6-16(7-9-17)13(2)11-15/h3-5,10,13H,6-9,11,15H2,1-2H3. The van der Waals surface area contributed by atoms with E-state index in [2.05, 4.69) is 47.9 Å². The van der Waals surface area contributed by atoms with Crippen LogP contribution >= 0.6 is 0 Å². The van der Waals surface area contributed by atoms with Gasteiger partial charge < -0.3 is 10.6 Å². The molecule has 94 valence electrons. The van der Waals surface area contributed by atoms with Gasteiger partial charge in [0.15, 0.2) is 0 Å². The van der Waals surface area contributed by atoms with Crippen molar-refractivity contribution >= 4 is 5.69 Å². The zero-order chi connectivity index (χ0) is 12.3. The molecule has 0 spiro atoms. The topological polar surface area (TPSA) is 32.5 Å². The second kappa shape index (κ2) is 5.52. The van der Waals surface area contributed by atoms with Gasteiger partial charge in [0.1, 0.15) is 0 Å². The maximum Gasteiger partial charge on any atom is 0.0369 e. The lowest BCUT2D eigenvalue weighted by Gasteiger charge is -2.38. The van der Waals surface area contributed by atoms with Gasteiger partial charge in [-0.25, -0.2) is 0 Å². The summed E-state index contributed by atoms with van der Waals surface area (Å²) < 4.78 is 0. The molecule has 1 saturated heterocycles. The predicted molar refractivity (Wildman–Crippen MR) is 73.5 cm³/mol. The smallest absolute Gasteiger partial charge is 0.0369 e. The Morgan fingerprint density at radius 2 is 1.94 bits per heavy atom.